The Bertz CT molecular complexity index is 493. The minimum Gasteiger partial charge on any atom is -0.397 e. The van der Waals surface area contributed by atoms with Gasteiger partial charge in [0.15, 0.2) is 0 Å². The second-order valence-electron chi connectivity index (χ2n) is 2.79. The Morgan fingerprint density at radius 2 is 2.14 bits per heavy atom. The Balaban J connectivity index is 2.62. The molecule has 2 N–H and O–H groups in total. The van der Waals surface area contributed by atoms with Gasteiger partial charge in [-0.3, -0.25) is 4.57 Å². The third-order valence-electron chi connectivity index (χ3n) is 1.94. The van der Waals surface area contributed by atoms with Crippen molar-refractivity contribution >= 4 is 5.69 Å². The lowest BCUT2D eigenvalue weighted by Crippen LogP contribution is -2.00. The van der Waals surface area contributed by atoms with Gasteiger partial charge in [-0.2, -0.15) is 5.26 Å². The van der Waals surface area contributed by atoms with Gasteiger partial charge in [0.2, 0.25) is 5.82 Å². The Kier molecular flexibility index (Phi) is 1.92. The molecule has 1 aromatic carbocycles. The van der Waals surface area contributed by atoms with Crippen molar-refractivity contribution < 1.29 is 0 Å². The minimum atomic E-state index is 0.336. The number of benzene rings is 1. The van der Waals surface area contributed by atoms with Crippen molar-refractivity contribution in [2.24, 2.45) is 0 Å². The van der Waals surface area contributed by atoms with Gasteiger partial charge < -0.3 is 5.73 Å². The second kappa shape index (κ2) is 3.23. The fourth-order valence-corrected chi connectivity index (χ4v) is 1.29. The summed E-state index contributed by atoms with van der Waals surface area (Å²) in [4.78, 5) is 3.90. The van der Waals surface area contributed by atoms with Crippen LogP contribution in [0.5, 0.6) is 0 Å². The zero-order valence-corrected chi connectivity index (χ0v) is 7.38. The molecule has 2 aromatic rings. The zero-order valence-electron chi connectivity index (χ0n) is 7.38. The SMILES string of the molecule is N#Cc1nccn1-c1ccccc1N. The summed E-state index contributed by atoms with van der Waals surface area (Å²) in [6, 6.07) is 9.35. The van der Waals surface area contributed by atoms with Crippen LogP contribution in [0.1, 0.15) is 5.82 Å². The predicted molar refractivity (Wildman–Crippen MR) is 52.7 cm³/mol. The van der Waals surface area contributed by atoms with Gasteiger partial charge in [-0.25, -0.2) is 4.98 Å². The molecule has 0 atom stereocenters. The number of nitriles is 1. The van der Waals surface area contributed by atoms with E-state index >= 15 is 0 Å². The predicted octanol–water partition coefficient (Wildman–Crippen LogP) is 1.33. The topological polar surface area (TPSA) is 67.6 Å². The molecule has 0 saturated carbocycles. The van der Waals surface area contributed by atoms with Crippen molar-refractivity contribution in [1.29, 1.82) is 5.26 Å². The number of aromatic nitrogens is 2. The lowest BCUT2D eigenvalue weighted by atomic mass is 10.2. The van der Waals surface area contributed by atoms with Crippen molar-refractivity contribution in [1.82, 2.24) is 9.55 Å². The highest BCUT2D eigenvalue weighted by molar-refractivity contribution is 5.58. The van der Waals surface area contributed by atoms with Crippen molar-refractivity contribution in [2.45, 2.75) is 0 Å². The summed E-state index contributed by atoms with van der Waals surface area (Å²) in [5, 5.41) is 8.79. The number of nitrogens with zero attached hydrogens (tertiary/aromatic N) is 3. The number of para-hydroxylation sites is 2. The summed E-state index contributed by atoms with van der Waals surface area (Å²) in [6.45, 7) is 0. The molecule has 1 heterocycles. The molecule has 0 bridgehead atoms. The largest absolute Gasteiger partial charge is 0.397 e. The summed E-state index contributed by atoms with van der Waals surface area (Å²) in [7, 11) is 0. The van der Waals surface area contributed by atoms with Crippen LogP contribution in [0, 0.1) is 11.3 Å². The molecular weight excluding hydrogens is 176 g/mol. The van der Waals surface area contributed by atoms with Gasteiger partial charge in [0.25, 0.3) is 0 Å². The van der Waals surface area contributed by atoms with Gasteiger partial charge in [0, 0.05) is 12.4 Å². The number of nitrogens with two attached hydrogens (primary N) is 1. The molecule has 4 heteroatoms. The Morgan fingerprint density at radius 1 is 1.36 bits per heavy atom. The third-order valence-corrected chi connectivity index (χ3v) is 1.94. The molecule has 68 valence electrons. The summed E-state index contributed by atoms with van der Waals surface area (Å²) in [5.41, 5.74) is 7.18. The van der Waals surface area contributed by atoms with E-state index in [9.17, 15) is 0 Å². The smallest absolute Gasteiger partial charge is 0.217 e. The van der Waals surface area contributed by atoms with E-state index in [0.717, 1.165) is 5.69 Å². The van der Waals surface area contributed by atoms with Crippen LogP contribution in [0.4, 0.5) is 5.69 Å². The Labute approximate surface area is 81.2 Å². The molecule has 0 aliphatic rings. The normalized spacial score (nSPS) is 9.64. The summed E-state index contributed by atoms with van der Waals surface area (Å²) in [6.07, 6.45) is 3.29. The standard InChI is InChI=1S/C10H8N4/c11-7-10-13-5-6-14(10)9-4-2-1-3-8(9)12/h1-6H,12H2. The first-order valence-electron chi connectivity index (χ1n) is 4.11. The fourth-order valence-electron chi connectivity index (χ4n) is 1.29. The first-order valence-corrected chi connectivity index (χ1v) is 4.11. The van der Waals surface area contributed by atoms with Crippen LogP contribution in [0.15, 0.2) is 36.7 Å². The number of hydrogen-bond donors (Lipinski definition) is 1. The Hall–Kier alpha value is -2.28. The summed E-state index contributed by atoms with van der Waals surface area (Å²) in [5.74, 6) is 0.336. The summed E-state index contributed by atoms with van der Waals surface area (Å²) < 4.78 is 1.66. The van der Waals surface area contributed by atoms with Crippen LogP contribution in [0.25, 0.3) is 5.69 Å². The molecule has 14 heavy (non-hydrogen) atoms. The number of hydrogen-bond acceptors (Lipinski definition) is 3. The highest BCUT2D eigenvalue weighted by atomic mass is 15.1. The van der Waals surface area contributed by atoms with Gasteiger partial charge in [-0.1, -0.05) is 12.1 Å². The van der Waals surface area contributed by atoms with Crippen molar-refractivity contribution in [2.75, 3.05) is 5.73 Å². The Morgan fingerprint density at radius 3 is 2.86 bits per heavy atom. The van der Waals surface area contributed by atoms with E-state index < -0.39 is 0 Å². The quantitative estimate of drug-likeness (QED) is 0.680. The zero-order chi connectivity index (χ0) is 9.97. The van der Waals surface area contributed by atoms with E-state index in [1.807, 2.05) is 24.3 Å². The minimum absolute atomic E-state index is 0.336. The van der Waals surface area contributed by atoms with Crippen molar-refractivity contribution in [3.05, 3.63) is 42.5 Å². The van der Waals surface area contributed by atoms with E-state index in [1.165, 1.54) is 0 Å². The van der Waals surface area contributed by atoms with Crippen molar-refractivity contribution in [3.8, 4) is 11.8 Å². The molecule has 2 rings (SSSR count). The molecule has 0 unspecified atom stereocenters. The number of imidazole rings is 1. The number of rotatable bonds is 1. The van der Waals surface area contributed by atoms with Gasteiger partial charge in [-0.15, -0.1) is 0 Å². The molecule has 0 aliphatic heterocycles. The van der Waals surface area contributed by atoms with E-state index in [4.69, 9.17) is 11.0 Å². The van der Waals surface area contributed by atoms with Crippen LogP contribution in [0.3, 0.4) is 0 Å². The van der Waals surface area contributed by atoms with E-state index in [0.29, 0.717) is 11.5 Å². The molecule has 1 aromatic heterocycles. The highest BCUT2D eigenvalue weighted by Crippen LogP contribution is 2.17. The molecule has 0 aliphatic carbocycles. The number of anilines is 1. The van der Waals surface area contributed by atoms with E-state index in [2.05, 4.69) is 4.98 Å². The molecular formula is C10H8N4. The van der Waals surface area contributed by atoms with Crippen LogP contribution in [-0.2, 0) is 0 Å². The van der Waals surface area contributed by atoms with E-state index in [1.54, 1.807) is 23.0 Å². The molecule has 0 saturated heterocycles. The molecule has 0 spiro atoms. The first kappa shape index (κ1) is 8.32. The lowest BCUT2D eigenvalue weighted by Gasteiger charge is -2.05. The number of nitrogen functional groups attached to an aromatic ring is 1. The average Bonchev–Trinajstić information content (AvgIpc) is 2.66. The summed E-state index contributed by atoms with van der Waals surface area (Å²) >= 11 is 0. The van der Waals surface area contributed by atoms with Crippen molar-refractivity contribution in [3.63, 3.8) is 0 Å². The van der Waals surface area contributed by atoms with Gasteiger partial charge in [0.1, 0.15) is 6.07 Å². The second-order valence-corrected chi connectivity index (χ2v) is 2.79. The molecule has 0 fully saturated rings. The van der Waals surface area contributed by atoms with Gasteiger partial charge in [-0.05, 0) is 12.1 Å². The molecule has 0 amide bonds. The lowest BCUT2D eigenvalue weighted by molar-refractivity contribution is 1.02. The average molecular weight is 184 g/mol. The third kappa shape index (κ3) is 1.21. The maximum atomic E-state index is 8.79. The fraction of sp³-hybridized carbons (Fsp3) is 0. The van der Waals surface area contributed by atoms with Gasteiger partial charge >= 0.3 is 0 Å². The van der Waals surface area contributed by atoms with Crippen LogP contribution in [-0.4, -0.2) is 9.55 Å². The monoisotopic (exact) mass is 184 g/mol. The maximum Gasteiger partial charge on any atom is 0.217 e. The molecule has 4 nitrogen and oxygen atoms in total. The van der Waals surface area contributed by atoms with Crippen LogP contribution >= 0.6 is 0 Å². The first-order chi connectivity index (χ1) is 6.83. The molecule has 0 radical (unpaired) electrons. The van der Waals surface area contributed by atoms with Gasteiger partial charge in [0.05, 0.1) is 11.4 Å². The van der Waals surface area contributed by atoms with E-state index in [-0.39, 0.29) is 0 Å². The van der Waals surface area contributed by atoms with Crippen LogP contribution in [0.2, 0.25) is 0 Å². The van der Waals surface area contributed by atoms with Crippen LogP contribution < -0.4 is 5.73 Å². The maximum absolute atomic E-state index is 8.79. The highest BCUT2D eigenvalue weighted by Gasteiger charge is 2.05.